The Morgan fingerprint density at radius 3 is 2.23 bits per heavy atom. The minimum atomic E-state index is -0.0140. The molecule has 0 unspecified atom stereocenters. The van der Waals surface area contributed by atoms with Crippen LogP contribution in [0, 0.1) is 0 Å². The van der Waals surface area contributed by atoms with E-state index in [1.54, 1.807) is 0 Å². The Morgan fingerprint density at radius 2 is 1.55 bits per heavy atom. The number of hydrogen-bond donors (Lipinski definition) is 1. The number of carbonyl (C=O) groups is 1. The van der Waals surface area contributed by atoms with Crippen molar-refractivity contribution in [1.29, 1.82) is 0 Å². The van der Waals surface area contributed by atoms with Gasteiger partial charge in [-0.25, -0.2) is 0 Å². The Bertz CT molecular complexity index is 966. The number of likely N-dealkylation sites (N-methyl/N-ethyl adjacent to an activating group) is 1. The summed E-state index contributed by atoms with van der Waals surface area (Å²) in [6.07, 6.45) is 0. The number of rotatable bonds is 7. The van der Waals surface area contributed by atoms with Gasteiger partial charge in [-0.15, -0.1) is 0 Å². The zero-order valence-corrected chi connectivity index (χ0v) is 18.0. The van der Waals surface area contributed by atoms with Crippen molar-refractivity contribution in [2.75, 3.05) is 50.1 Å². The maximum Gasteiger partial charge on any atom is 0.238 e. The Morgan fingerprint density at radius 1 is 0.903 bits per heavy atom. The second-order valence-electron chi connectivity index (χ2n) is 7.93. The van der Waals surface area contributed by atoms with Crippen LogP contribution in [-0.4, -0.2) is 50.7 Å². The van der Waals surface area contributed by atoms with Crippen LogP contribution >= 0.6 is 0 Å². The van der Waals surface area contributed by atoms with Crippen LogP contribution in [0.15, 0.2) is 78.9 Å². The standard InChI is InChI=1S/C26H29N3O2/c1-28(19-21-7-13-25(14-8-21)29-15-17-31-18-16-29)20-26(30)27-24-11-9-23(10-12-24)22-5-3-2-4-6-22/h2-14H,15-20H2,1H3,(H,27,30). The average Bonchev–Trinajstić information content (AvgIpc) is 2.81. The summed E-state index contributed by atoms with van der Waals surface area (Å²) in [5.41, 5.74) is 5.54. The largest absolute Gasteiger partial charge is 0.378 e. The van der Waals surface area contributed by atoms with Gasteiger partial charge in [0.05, 0.1) is 19.8 Å². The molecule has 5 nitrogen and oxygen atoms in total. The van der Waals surface area contributed by atoms with E-state index < -0.39 is 0 Å². The van der Waals surface area contributed by atoms with Gasteiger partial charge in [-0.05, 0) is 48.0 Å². The van der Waals surface area contributed by atoms with Crippen LogP contribution < -0.4 is 10.2 Å². The van der Waals surface area contributed by atoms with Gasteiger partial charge in [0.15, 0.2) is 0 Å². The van der Waals surface area contributed by atoms with E-state index >= 15 is 0 Å². The van der Waals surface area contributed by atoms with E-state index in [9.17, 15) is 4.79 Å². The molecular formula is C26H29N3O2. The maximum atomic E-state index is 12.5. The number of morpholine rings is 1. The van der Waals surface area contributed by atoms with E-state index in [4.69, 9.17) is 4.74 Å². The molecule has 3 aromatic carbocycles. The summed E-state index contributed by atoms with van der Waals surface area (Å²) in [7, 11) is 1.97. The van der Waals surface area contributed by atoms with Gasteiger partial charge in [-0.2, -0.15) is 0 Å². The van der Waals surface area contributed by atoms with Crippen LogP contribution in [0.3, 0.4) is 0 Å². The molecule has 5 heteroatoms. The van der Waals surface area contributed by atoms with Gasteiger partial charge < -0.3 is 15.0 Å². The molecule has 0 aliphatic carbocycles. The van der Waals surface area contributed by atoms with Gasteiger partial charge in [0.1, 0.15) is 0 Å². The fraction of sp³-hybridized carbons (Fsp3) is 0.269. The van der Waals surface area contributed by atoms with Gasteiger partial charge in [0.25, 0.3) is 0 Å². The van der Waals surface area contributed by atoms with E-state index in [1.165, 1.54) is 16.8 Å². The molecular weight excluding hydrogens is 386 g/mol. The summed E-state index contributed by atoms with van der Waals surface area (Å²) in [5, 5.41) is 2.99. The van der Waals surface area contributed by atoms with Crippen LogP contribution in [0.5, 0.6) is 0 Å². The topological polar surface area (TPSA) is 44.8 Å². The summed E-state index contributed by atoms with van der Waals surface area (Å²) >= 11 is 0. The van der Waals surface area contributed by atoms with Crippen LogP contribution in [0.1, 0.15) is 5.56 Å². The molecule has 0 saturated carbocycles. The van der Waals surface area contributed by atoms with Gasteiger partial charge in [-0.3, -0.25) is 9.69 Å². The predicted octanol–water partition coefficient (Wildman–Crippen LogP) is 4.26. The first-order valence-electron chi connectivity index (χ1n) is 10.7. The fourth-order valence-corrected chi connectivity index (χ4v) is 3.82. The highest BCUT2D eigenvalue weighted by atomic mass is 16.5. The van der Waals surface area contributed by atoms with Crippen molar-refractivity contribution in [3.8, 4) is 11.1 Å². The molecule has 1 amide bonds. The monoisotopic (exact) mass is 415 g/mol. The third-order valence-electron chi connectivity index (χ3n) is 5.45. The number of anilines is 2. The zero-order chi connectivity index (χ0) is 21.5. The first kappa shape index (κ1) is 21.1. The third-order valence-corrected chi connectivity index (χ3v) is 5.45. The Kier molecular flexibility index (Phi) is 6.97. The van der Waals surface area contributed by atoms with Crippen molar-refractivity contribution in [2.24, 2.45) is 0 Å². The molecule has 0 bridgehead atoms. The maximum absolute atomic E-state index is 12.5. The summed E-state index contributed by atoms with van der Waals surface area (Å²) in [6, 6.07) is 26.8. The Hall–Kier alpha value is -3.15. The van der Waals surface area contributed by atoms with E-state index in [2.05, 4.69) is 46.6 Å². The molecule has 1 fully saturated rings. The van der Waals surface area contributed by atoms with Gasteiger partial charge in [-0.1, -0.05) is 54.6 Å². The van der Waals surface area contributed by atoms with E-state index in [1.807, 2.05) is 54.4 Å². The smallest absolute Gasteiger partial charge is 0.238 e. The zero-order valence-electron chi connectivity index (χ0n) is 18.0. The molecule has 0 atom stereocenters. The van der Waals surface area contributed by atoms with E-state index in [0.717, 1.165) is 44.1 Å². The highest BCUT2D eigenvalue weighted by molar-refractivity contribution is 5.92. The summed E-state index contributed by atoms with van der Waals surface area (Å²) < 4.78 is 5.42. The number of benzene rings is 3. The summed E-state index contributed by atoms with van der Waals surface area (Å²) in [4.78, 5) is 16.8. The number of nitrogens with one attached hydrogen (secondary N) is 1. The quantitative estimate of drug-likeness (QED) is 0.626. The molecule has 1 N–H and O–H groups in total. The third kappa shape index (κ3) is 5.94. The highest BCUT2D eigenvalue weighted by Crippen LogP contribution is 2.21. The fourth-order valence-electron chi connectivity index (χ4n) is 3.82. The molecule has 4 rings (SSSR count). The molecule has 0 aromatic heterocycles. The summed E-state index contributed by atoms with van der Waals surface area (Å²) in [6.45, 7) is 4.51. The van der Waals surface area contributed by atoms with Crippen molar-refractivity contribution in [3.05, 3.63) is 84.4 Å². The molecule has 0 spiro atoms. The molecule has 31 heavy (non-hydrogen) atoms. The first-order valence-corrected chi connectivity index (χ1v) is 10.7. The first-order chi connectivity index (χ1) is 15.2. The number of ether oxygens (including phenoxy) is 1. The normalized spacial score (nSPS) is 13.9. The minimum absolute atomic E-state index is 0.0140. The number of nitrogens with zero attached hydrogens (tertiary/aromatic N) is 2. The molecule has 1 heterocycles. The molecule has 3 aromatic rings. The van der Waals surface area contributed by atoms with Crippen molar-refractivity contribution < 1.29 is 9.53 Å². The van der Waals surface area contributed by atoms with Crippen molar-refractivity contribution in [1.82, 2.24) is 4.90 Å². The van der Waals surface area contributed by atoms with Crippen molar-refractivity contribution in [3.63, 3.8) is 0 Å². The van der Waals surface area contributed by atoms with Crippen molar-refractivity contribution >= 4 is 17.3 Å². The molecule has 1 aliphatic rings. The van der Waals surface area contributed by atoms with E-state index in [-0.39, 0.29) is 5.91 Å². The van der Waals surface area contributed by atoms with Gasteiger partial charge >= 0.3 is 0 Å². The average molecular weight is 416 g/mol. The molecule has 160 valence electrons. The second-order valence-corrected chi connectivity index (χ2v) is 7.93. The summed E-state index contributed by atoms with van der Waals surface area (Å²) in [5.74, 6) is -0.0140. The number of carbonyl (C=O) groups excluding carboxylic acids is 1. The molecule has 1 saturated heterocycles. The van der Waals surface area contributed by atoms with Crippen LogP contribution in [0.2, 0.25) is 0 Å². The lowest BCUT2D eigenvalue weighted by molar-refractivity contribution is -0.117. The number of hydrogen-bond acceptors (Lipinski definition) is 4. The van der Waals surface area contributed by atoms with E-state index in [0.29, 0.717) is 6.54 Å². The van der Waals surface area contributed by atoms with Crippen LogP contribution in [0.25, 0.3) is 11.1 Å². The Labute approximate surface area is 184 Å². The SMILES string of the molecule is CN(CC(=O)Nc1ccc(-c2ccccc2)cc1)Cc1ccc(N2CCOCC2)cc1. The Balaban J connectivity index is 1.26. The minimum Gasteiger partial charge on any atom is -0.378 e. The van der Waals surface area contributed by atoms with Crippen LogP contribution in [-0.2, 0) is 16.1 Å². The molecule has 0 radical (unpaired) electrons. The lowest BCUT2D eigenvalue weighted by atomic mass is 10.1. The van der Waals surface area contributed by atoms with Gasteiger partial charge in [0, 0.05) is 31.0 Å². The lowest BCUT2D eigenvalue weighted by Crippen LogP contribution is -2.36. The van der Waals surface area contributed by atoms with Crippen LogP contribution in [0.4, 0.5) is 11.4 Å². The lowest BCUT2D eigenvalue weighted by Gasteiger charge is -2.29. The number of amides is 1. The highest BCUT2D eigenvalue weighted by Gasteiger charge is 2.12. The van der Waals surface area contributed by atoms with Crippen molar-refractivity contribution in [2.45, 2.75) is 6.54 Å². The molecule has 1 aliphatic heterocycles. The predicted molar refractivity (Wildman–Crippen MR) is 126 cm³/mol. The van der Waals surface area contributed by atoms with Gasteiger partial charge in [0.2, 0.25) is 5.91 Å². The second kappa shape index (κ2) is 10.2.